The molecule has 24 heavy (non-hydrogen) atoms. The maximum absolute atomic E-state index is 5.90. The summed E-state index contributed by atoms with van der Waals surface area (Å²) >= 11 is 0. The number of aliphatic imine (C=N–C) groups is 1. The van der Waals surface area contributed by atoms with Crippen molar-refractivity contribution in [1.82, 2.24) is 20.0 Å². The number of guanidine groups is 1. The monoisotopic (exact) mass is 337 g/mol. The average molecular weight is 337 g/mol. The molecule has 0 saturated carbocycles. The summed E-state index contributed by atoms with van der Waals surface area (Å²) in [5.41, 5.74) is 1.11. The van der Waals surface area contributed by atoms with Gasteiger partial charge in [0, 0.05) is 38.5 Å². The van der Waals surface area contributed by atoms with Gasteiger partial charge in [-0.2, -0.15) is 5.10 Å². The van der Waals surface area contributed by atoms with Gasteiger partial charge in [-0.1, -0.05) is 13.8 Å². The summed E-state index contributed by atoms with van der Waals surface area (Å²) in [6.07, 6.45) is 3.92. The Labute approximate surface area is 145 Å². The second-order valence-electron chi connectivity index (χ2n) is 6.46. The van der Waals surface area contributed by atoms with Crippen molar-refractivity contribution in [1.29, 1.82) is 0 Å². The van der Waals surface area contributed by atoms with E-state index in [0.717, 1.165) is 37.8 Å². The standard InChI is InChI=1S/C17H31N5O2/c1-5-18-17(19-6-8-23-13-14(2)3)22-7-9-24-16(12-22)15-10-20-21(4)11-15/h10-11,14,16H,5-9,12-13H2,1-4H3,(H,18,19). The Morgan fingerprint density at radius 1 is 1.54 bits per heavy atom. The maximum atomic E-state index is 5.90. The molecule has 1 saturated heterocycles. The van der Waals surface area contributed by atoms with E-state index in [1.165, 1.54) is 0 Å². The van der Waals surface area contributed by atoms with E-state index in [0.29, 0.717) is 25.7 Å². The number of aromatic nitrogens is 2. The normalized spacial score (nSPS) is 19.1. The highest BCUT2D eigenvalue weighted by Gasteiger charge is 2.25. The van der Waals surface area contributed by atoms with Crippen LogP contribution in [0.25, 0.3) is 0 Å². The van der Waals surface area contributed by atoms with Gasteiger partial charge in [-0.05, 0) is 12.8 Å². The molecule has 1 aromatic rings. The van der Waals surface area contributed by atoms with Gasteiger partial charge in [-0.25, -0.2) is 0 Å². The number of nitrogens with one attached hydrogen (secondary N) is 1. The van der Waals surface area contributed by atoms with Crippen LogP contribution in [0.3, 0.4) is 0 Å². The number of ether oxygens (including phenoxy) is 2. The largest absolute Gasteiger partial charge is 0.379 e. The molecular weight excluding hydrogens is 306 g/mol. The third-order valence-electron chi connectivity index (χ3n) is 3.75. The Morgan fingerprint density at radius 3 is 3.04 bits per heavy atom. The molecule has 136 valence electrons. The van der Waals surface area contributed by atoms with E-state index < -0.39 is 0 Å². The lowest BCUT2D eigenvalue weighted by molar-refractivity contribution is -0.00809. The first-order valence-electron chi connectivity index (χ1n) is 8.81. The van der Waals surface area contributed by atoms with Crippen LogP contribution in [0.5, 0.6) is 0 Å². The van der Waals surface area contributed by atoms with E-state index in [9.17, 15) is 0 Å². The summed E-state index contributed by atoms with van der Waals surface area (Å²) in [7, 11) is 1.92. The highest BCUT2D eigenvalue weighted by Crippen LogP contribution is 2.21. The van der Waals surface area contributed by atoms with Crippen molar-refractivity contribution in [3.05, 3.63) is 18.0 Å². The van der Waals surface area contributed by atoms with E-state index in [4.69, 9.17) is 14.5 Å². The third kappa shape index (κ3) is 5.79. The van der Waals surface area contributed by atoms with E-state index >= 15 is 0 Å². The highest BCUT2D eigenvalue weighted by atomic mass is 16.5. The van der Waals surface area contributed by atoms with Crippen molar-refractivity contribution >= 4 is 5.96 Å². The van der Waals surface area contributed by atoms with Crippen LogP contribution in [0.1, 0.15) is 32.4 Å². The Kier molecular flexibility index (Phi) is 7.52. The molecule has 1 fully saturated rings. The van der Waals surface area contributed by atoms with Gasteiger partial charge in [0.25, 0.3) is 0 Å². The van der Waals surface area contributed by atoms with Gasteiger partial charge in [-0.3, -0.25) is 9.67 Å². The minimum absolute atomic E-state index is 0.0356. The van der Waals surface area contributed by atoms with Crippen LogP contribution in [-0.4, -0.2) is 66.6 Å². The minimum Gasteiger partial charge on any atom is -0.379 e. The second kappa shape index (κ2) is 9.64. The first-order valence-corrected chi connectivity index (χ1v) is 8.81. The first-order chi connectivity index (χ1) is 11.6. The maximum Gasteiger partial charge on any atom is 0.194 e. The molecule has 1 aliphatic rings. The minimum atomic E-state index is 0.0356. The summed E-state index contributed by atoms with van der Waals surface area (Å²) in [6, 6.07) is 0. The first kappa shape index (κ1) is 18.7. The lowest BCUT2D eigenvalue weighted by atomic mass is 10.1. The summed E-state index contributed by atoms with van der Waals surface area (Å²) < 4.78 is 13.3. The predicted molar refractivity (Wildman–Crippen MR) is 95.1 cm³/mol. The van der Waals surface area contributed by atoms with Crippen LogP contribution in [0, 0.1) is 5.92 Å². The third-order valence-corrected chi connectivity index (χ3v) is 3.75. The zero-order valence-electron chi connectivity index (χ0n) is 15.4. The molecule has 2 rings (SSSR count). The predicted octanol–water partition coefficient (Wildman–Crippen LogP) is 1.43. The summed E-state index contributed by atoms with van der Waals surface area (Å²) in [5, 5.41) is 7.61. The van der Waals surface area contributed by atoms with Crippen LogP contribution in [0.15, 0.2) is 17.4 Å². The molecule has 0 bridgehead atoms. The molecule has 7 nitrogen and oxygen atoms in total. The number of rotatable bonds is 7. The lowest BCUT2D eigenvalue weighted by Gasteiger charge is -2.34. The molecule has 1 unspecified atom stereocenters. The number of nitrogens with zero attached hydrogens (tertiary/aromatic N) is 4. The van der Waals surface area contributed by atoms with E-state index in [-0.39, 0.29) is 6.10 Å². The van der Waals surface area contributed by atoms with Crippen molar-refractivity contribution in [2.45, 2.75) is 26.9 Å². The average Bonchev–Trinajstić information content (AvgIpc) is 3.00. The fourth-order valence-electron chi connectivity index (χ4n) is 2.61. The number of morpholine rings is 1. The van der Waals surface area contributed by atoms with Crippen LogP contribution in [-0.2, 0) is 16.5 Å². The molecule has 2 heterocycles. The Hall–Kier alpha value is -1.60. The molecule has 1 aromatic heterocycles. The van der Waals surface area contributed by atoms with E-state index in [2.05, 4.69) is 36.1 Å². The topological polar surface area (TPSA) is 63.9 Å². The van der Waals surface area contributed by atoms with Crippen LogP contribution >= 0.6 is 0 Å². The van der Waals surface area contributed by atoms with Crippen molar-refractivity contribution in [3.8, 4) is 0 Å². The lowest BCUT2D eigenvalue weighted by Crippen LogP contribution is -2.48. The molecule has 7 heteroatoms. The molecular formula is C17H31N5O2. The van der Waals surface area contributed by atoms with E-state index in [1.807, 2.05) is 24.1 Å². The Balaban J connectivity index is 1.91. The summed E-state index contributed by atoms with van der Waals surface area (Å²) in [6.45, 7) is 11.7. The van der Waals surface area contributed by atoms with Crippen molar-refractivity contribution in [2.24, 2.45) is 18.0 Å². The number of aryl methyl sites for hydroxylation is 1. The number of hydrogen-bond acceptors (Lipinski definition) is 4. The fourth-order valence-corrected chi connectivity index (χ4v) is 2.61. The van der Waals surface area contributed by atoms with Gasteiger partial charge >= 0.3 is 0 Å². The molecule has 0 amide bonds. The van der Waals surface area contributed by atoms with Gasteiger partial charge in [0.2, 0.25) is 0 Å². The molecule has 1 N–H and O–H groups in total. The van der Waals surface area contributed by atoms with Crippen LogP contribution < -0.4 is 5.32 Å². The van der Waals surface area contributed by atoms with Crippen LogP contribution in [0.4, 0.5) is 0 Å². The van der Waals surface area contributed by atoms with Gasteiger partial charge in [0.05, 0.1) is 32.5 Å². The van der Waals surface area contributed by atoms with Gasteiger partial charge in [0.1, 0.15) is 6.10 Å². The second-order valence-corrected chi connectivity index (χ2v) is 6.46. The highest BCUT2D eigenvalue weighted by molar-refractivity contribution is 5.80. The zero-order chi connectivity index (χ0) is 17.4. The van der Waals surface area contributed by atoms with E-state index in [1.54, 1.807) is 0 Å². The zero-order valence-corrected chi connectivity index (χ0v) is 15.4. The quantitative estimate of drug-likeness (QED) is 0.463. The number of hydrogen-bond donors (Lipinski definition) is 1. The van der Waals surface area contributed by atoms with Crippen LogP contribution in [0.2, 0.25) is 0 Å². The molecule has 0 aromatic carbocycles. The Morgan fingerprint density at radius 2 is 2.38 bits per heavy atom. The summed E-state index contributed by atoms with van der Waals surface area (Å²) in [4.78, 5) is 6.95. The molecule has 0 spiro atoms. The molecule has 0 aliphatic carbocycles. The molecule has 0 radical (unpaired) electrons. The molecule has 1 aliphatic heterocycles. The van der Waals surface area contributed by atoms with Gasteiger partial charge in [0.15, 0.2) is 5.96 Å². The van der Waals surface area contributed by atoms with Crippen molar-refractivity contribution in [2.75, 3.05) is 46.0 Å². The van der Waals surface area contributed by atoms with Crippen molar-refractivity contribution in [3.63, 3.8) is 0 Å². The fraction of sp³-hybridized carbons (Fsp3) is 0.765. The van der Waals surface area contributed by atoms with Crippen molar-refractivity contribution < 1.29 is 9.47 Å². The van der Waals surface area contributed by atoms with Gasteiger partial charge in [-0.15, -0.1) is 0 Å². The summed E-state index contributed by atoms with van der Waals surface area (Å²) in [5.74, 6) is 1.49. The Bertz CT molecular complexity index is 515. The molecule has 1 atom stereocenters. The smallest absolute Gasteiger partial charge is 0.194 e. The van der Waals surface area contributed by atoms with Gasteiger partial charge < -0.3 is 19.7 Å². The SMILES string of the molecule is CCNC(=NCCOCC(C)C)N1CCOC(c2cnn(C)c2)C1.